The highest BCUT2D eigenvalue weighted by Gasteiger charge is 2.60. The average molecular weight is 431 g/mol. The topological polar surface area (TPSA) is 61.8 Å². The molecule has 166 valence electrons. The molecule has 0 bridgehead atoms. The number of hydrogen-bond acceptors (Lipinski definition) is 4. The first kappa shape index (κ1) is 21.8. The number of β-lactam (4-membered cyclic amide) rings is 1. The molecule has 5 heteroatoms. The lowest BCUT2D eigenvalue weighted by Crippen LogP contribution is -2.64. The summed E-state index contributed by atoms with van der Waals surface area (Å²) >= 11 is 0. The summed E-state index contributed by atoms with van der Waals surface area (Å²) in [5.41, 5.74) is 2.32. The van der Waals surface area contributed by atoms with Crippen LogP contribution < -0.4 is 15.0 Å². The third kappa shape index (κ3) is 3.91. The Morgan fingerprint density at radius 3 is 2.34 bits per heavy atom. The van der Waals surface area contributed by atoms with Crippen molar-refractivity contribution in [3.63, 3.8) is 0 Å². The molecule has 0 spiro atoms. The highest BCUT2D eigenvalue weighted by Crippen LogP contribution is 2.56. The Bertz CT molecular complexity index is 1060. The van der Waals surface area contributed by atoms with E-state index in [9.17, 15) is 9.90 Å². The number of phenols is 1. The van der Waals surface area contributed by atoms with E-state index in [1.807, 2.05) is 53.4 Å². The van der Waals surface area contributed by atoms with E-state index in [1.54, 1.807) is 25.3 Å². The second-order valence-electron chi connectivity index (χ2n) is 8.29. The average Bonchev–Trinajstić information content (AvgIpc) is 2.82. The first-order chi connectivity index (χ1) is 15.6. The van der Waals surface area contributed by atoms with E-state index in [-0.39, 0.29) is 17.7 Å². The molecule has 0 radical (unpaired) electrons. The number of carbonyl (C=O) groups excluding carboxylic acids is 1. The van der Waals surface area contributed by atoms with Crippen molar-refractivity contribution in [2.24, 2.45) is 5.41 Å². The van der Waals surface area contributed by atoms with Crippen LogP contribution >= 0.6 is 0 Å². The van der Waals surface area contributed by atoms with Crippen molar-refractivity contribution in [3.05, 3.63) is 84.4 Å². The largest absolute Gasteiger partial charge is 0.508 e. The van der Waals surface area contributed by atoms with Crippen LogP contribution in [0.2, 0.25) is 0 Å². The lowest BCUT2D eigenvalue weighted by Gasteiger charge is -2.57. The summed E-state index contributed by atoms with van der Waals surface area (Å²) in [5, 5.41) is 13.2. The van der Waals surface area contributed by atoms with E-state index in [4.69, 9.17) is 4.74 Å². The van der Waals surface area contributed by atoms with E-state index >= 15 is 0 Å². The number of anilines is 2. The molecule has 1 heterocycles. The summed E-state index contributed by atoms with van der Waals surface area (Å²) in [5.74, 6) is 1.01. The molecule has 1 amide bonds. The van der Waals surface area contributed by atoms with E-state index in [0.717, 1.165) is 29.8 Å². The second kappa shape index (κ2) is 9.35. The number of aromatic hydroxyl groups is 1. The standard InChI is InChI=1S/C27H30N2O3/c1-3-16-27(17-18-28-23-19-22(30)14-15-24(23)32-2)25(20-10-6-4-7-11-20)29(26(27)31)21-12-8-5-9-13-21/h4-15,19,25,28,30H,3,16-18H2,1-2H3. The first-order valence-corrected chi connectivity index (χ1v) is 11.2. The third-order valence-corrected chi connectivity index (χ3v) is 6.34. The van der Waals surface area contributed by atoms with Crippen molar-refractivity contribution in [2.75, 3.05) is 23.9 Å². The highest BCUT2D eigenvalue weighted by atomic mass is 16.5. The quantitative estimate of drug-likeness (QED) is 0.423. The normalized spacial score (nSPS) is 20.0. The van der Waals surface area contributed by atoms with Crippen molar-refractivity contribution < 1.29 is 14.6 Å². The zero-order chi connectivity index (χ0) is 22.6. The van der Waals surface area contributed by atoms with Crippen LogP contribution in [0.4, 0.5) is 11.4 Å². The van der Waals surface area contributed by atoms with Crippen LogP contribution in [-0.4, -0.2) is 24.7 Å². The van der Waals surface area contributed by atoms with Gasteiger partial charge in [0.05, 0.1) is 24.3 Å². The number of phenolic OH excluding ortho intramolecular Hbond substituents is 1. The molecule has 5 nitrogen and oxygen atoms in total. The van der Waals surface area contributed by atoms with Gasteiger partial charge in [0.1, 0.15) is 11.5 Å². The van der Waals surface area contributed by atoms with Crippen LogP contribution in [0.1, 0.15) is 37.8 Å². The number of para-hydroxylation sites is 1. The summed E-state index contributed by atoms with van der Waals surface area (Å²) in [6, 6.07) is 25.2. The molecule has 2 unspecified atom stereocenters. The molecule has 4 rings (SSSR count). The van der Waals surface area contributed by atoms with Gasteiger partial charge in [0.25, 0.3) is 0 Å². The first-order valence-electron chi connectivity index (χ1n) is 11.2. The molecule has 1 saturated heterocycles. The van der Waals surface area contributed by atoms with Gasteiger partial charge in [-0.2, -0.15) is 0 Å². The molecule has 2 N–H and O–H groups in total. The SMILES string of the molecule is CCCC1(CCNc2cc(O)ccc2OC)C(=O)N(c2ccccc2)C1c1ccccc1. The van der Waals surface area contributed by atoms with Gasteiger partial charge in [-0.05, 0) is 42.7 Å². The Labute approximate surface area is 189 Å². The number of hydrogen-bond donors (Lipinski definition) is 2. The zero-order valence-corrected chi connectivity index (χ0v) is 18.6. The van der Waals surface area contributed by atoms with Gasteiger partial charge in [-0.25, -0.2) is 0 Å². The van der Waals surface area contributed by atoms with E-state index in [0.29, 0.717) is 18.7 Å². The summed E-state index contributed by atoms with van der Waals surface area (Å²) < 4.78 is 5.41. The number of carbonyl (C=O) groups is 1. The molecule has 2 atom stereocenters. The maximum atomic E-state index is 13.7. The van der Waals surface area contributed by atoms with E-state index in [2.05, 4.69) is 24.4 Å². The molecule has 3 aromatic carbocycles. The Hall–Kier alpha value is -3.47. The van der Waals surface area contributed by atoms with Crippen LogP contribution in [0.5, 0.6) is 11.5 Å². The van der Waals surface area contributed by atoms with Gasteiger partial charge in [0, 0.05) is 18.3 Å². The fourth-order valence-electron chi connectivity index (χ4n) is 4.93. The molecule has 0 aliphatic carbocycles. The maximum absolute atomic E-state index is 13.7. The van der Waals surface area contributed by atoms with Crippen molar-refractivity contribution in [2.45, 2.75) is 32.2 Å². The fraction of sp³-hybridized carbons (Fsp3) is 0.296. The Balaban J connectivity index is 1.63. The minimum Gasteiger partial charge on any atom is -0.508 e. The van der Waals surface area contributed by atoms with Gasteiger partial charge < -0.3 is 20.1 Å². The predicted octanol–water partition coefficient (Wildman–Crippen LogP) is 5.78. The third-order valence-electron chi connectivity index (χ3n) is 6.34. The van der Waals surface area contributed by atoms with Crippen LogP contribution in [0.25, 0.3) is 0 Å². The number of ether oxygens (including phenoxy) is 1. The highest BCUT2D eigenvalue weighted by molar-refractivity contribution is 6.06. The van der Waals surface area contributed by atoms with Crippen LogP contribution in [0, 0.1) is 5.41 Å². The molecular weight excluding hydrogens is 400 g/mol. The smallest absolute Gasteiger partial charge is 0.236 e. The summed E-state index contributed by atoms with van der Waals surface area (Å²) in [4.78, 5) is 15.7. The van der Waals surface area contributed by atoms with Gasteiger partial charge in [0.15, 0.2) is 0 Å². The molecule has 1 aliphatic rings. The number of rotatable bonds is 9. The van der Waals surface area contributed by atoms with Gasteiger partial charge in [-0.3, -0.25) is 4.79 Å². The molecule has 1 aliphatic heterocycles. The van der Waals surface area contributed by atoms with Crippen molar-refractivity contribution in [1.82, 2.24) is 0 Å². The number of benzene rings is 3. The number of amides is 1. The Morgan fingerprint density at radius 2 is 1.69 bits per heavy atom. The minimum absolute atomic E-state index is 0.0218. The van der Waals surface area contributed by atoms with Crippen molar-refractivity contribution in [1.29, 1.82) is 0 Å². The summed E-state index contributed by atoms with van der Waals surface area (Å²) in [6.45, 7) is 2.73. The summed E-state index contributed by atoms with van der Waals surface area (Å²) in [7, 11) is 1.61. The van der Waals surface area contributed by atoms with E-state index < -0.39 is 5.41 Å². The Morgan fingerprint density at radius 1 is 1.00 bits per heavy atom. The number of nitrogens with zero attached hydrogens (tertiary/aromatic N) is 1. The number of nitrogens with one attached hydrogen (secondary N) is 1. The molecular formula is C27H30N2O3. The van der Waals surface area contributed by atoms with Gasteiger partial charge in [0.2, 0.25) is 5.91 Å². The van der Waals surface area contributed by atoms with Crippen molar-refractivity contribution in [3.8, 4) is 11.5 Å². The van der Waals surface area contributed by atoms with Crippen LogP contribution in [0.15, 0.2) is 78.9 Å². The van der Waals surface area contributed by atoms with E-state index in [1.165, 1.54) is 0 Å². The monoisotopic (exact) mass is 430 g/mol. The second-order valence-corrected chi connectivity index (χ2v) is 8.29. The number of methoxy groups -OCH3 is 1. The summed E-state index contributed by atoms with van der Waals surface area (Å²) in [6.07, 6.45) is 2.42. The van der Waals surface area contributed by atoms with Crippen molar-refractivity contribution >= 4 is 17.3 Å². The molecule has 0 saturated carbocycles. The lowest BCUT2D eigenvalue weighted by molar-refractivity contribution is -0.141. The van der Waals surface area contributed by atoms with Crippen LogP contribution in [0.3, 0.4) is 0 Å². The lowest BCUT2D eigenvalue weighted by atomic mass is 9.63. The van der Waals surface area contributed by atoms with Crippen LogP contribution in [-0.2, 0) is 4.79 Å². The molecule has 1 fully saturated rings. The Kier molecular flexibility index (Phi) is 6.35. The molecule has 3 aromatic rings. The fourth-order valence-corrected chi connectivity index (χ4v) is 4.93. The zero-order valence-electron chi connectivity index (χ0n) is 18.6. The minimum atomic E-state index is -0.483. The van der Waals surface area contributed by atoms with Gasteiger partial charge in [-0.15, -0.1) is 0 Å². The molecule has 32 heavy (non-hydrogen) atoms. The molecule has 0 aromatic heterocycles. The van der Waals surface area contributed by atoms with Gasteiger partial charge >= 0.3 is 0 Å². The predicted molar refractivity (Wildman–Crippen MR) is 128 cm³/mol. The maximum Gasteiger partial charge on any atom is 0.236 e. The van der Waals surface area contributed by atoms with Gasteiger partial charge in [-0.1, -0.05) is 61.9 Å².